The van der Waals surface area contributed by atoms with Gasteiger partial charge in [0.25, 0.3) is 5.91 Å². The Morgan fingerprint density at radius 2 is 1.82 bits per heavy atom. The van der Waals surface area contributed by atoms with Crippen molar-refractivity contribution >= 4 is 17.7 Å². The summed E-state index contributed by atoms with van der Waals surface area (Å²) in [5, 5.41) is 2.21. The number of imide groups is 1. The first-order chi connectivity index (χ1) is 10.5. The molecule has 0 aliphatic carbocycles. The van der Waals surface area contributed by atoms with Gasteiger partial charge in [0.1, 0.15) is 17.5 Å². The number of ether oxygens (including phenoxy) is 2. The quantitative estimate of drug-likeness (QED) is 0.804. The van der Waals surface area contributed by atoms with Crippen LogP contribution in [0.4, 0.5) is 0 Å². The van der Waals surface area contributed by atoms with E-state index in [1.165, 1.54) is 19.1 Å². The lowest BCUT2D eigenvalue weighted by Gasteiger charge is -2.25. The first kappa shape index (κ1) is 15.8. The van der Waals surface area contributed by atoms with Crippen molar-refractivity contribution in [3.8, 4) is 11.5 Å². The van der Waals surface area contributed by atoms with Crippen LogP contribution < -0.4 is 14.8 Å². The van der Waals surface area contributed by atoms with E-state index in [1.54, 1.807) is 25.1 Å². The second kappa shape index (κ2) is 6.46. The number of benzene rings is 1. The van der Waals surface area contributed by atoms with E-state index in [9.17, 15) is 14.4 Å². The van der Waals surface area contributed by atoms with Gasteiger partial charge in [0.2, 0.25) is 11.8 Å². The number of methoxy groups -OCH3 is 2. The number of nitrogens with zero attached hydrogens (tertiary/aromatic N) is 1. The van der Waals surface area contributed by atoms with Crippen LogP contribution in [-0.4, -0.2) is 49.4 Å². The molecule has 1 fully saturated rings. The van der Waals surface area contributed by atoms with E-state index in [0.29, 0.717) is 23.6 Å². The van der Waals surface area contributed by atoms with Crippen LogP contribution in [-0.2, 0) is 9.59 Å². The molecule has 1 atom stereocenters. The molecule has 22 heavy (non-hydrogen) atoms. The molecule has 7 nitrogen and oxygen atoms in total. The van der Waals surface area contributed by atoms with Gasteiger partial charge in [-0.15, -0.1) is 0 Å². The summed E-state index contributed by atoms with van der Waals surface area (Å²) < 4.78 is 10.3. The van der Waals surface area contributed by atoms with Gasteiger partial charge in [-0.25, -0.2) is 0 Å². The Kier molecular flexibility index (Phi) is 4.65. The molecule has 1 aromatic rings. The Morgan fingerprint density at radius 3 is 2.23 bits per heavy atom. The monoisotopic (exact) mass is 306 g/mol. The van der Waals surface area contributed by atoms with Gasteiger partial charge in [0.05, 0.1) is 20.6 Å². The molecule has 1 aromatic carbocycles. The van der Waals surface area contributed by atoms with Crippen LogP contribution >= 0.6 is 0 Å². The summed E-state index contributed by atoms with van der Waals surface area (Å²) in [5.74, 6) is -0.217. The van der Waals surface area contributed by atoms with Crippen LogP contribution in [0.1, 0.15) is 23.7 Å². The molecule has 3 amide bonds. The standard InChI is InChI=1S/C15H18N2O5/c1-4-17(12-8-13(18)16-14(12)19)15(20)9-5-10(21-2)7-11(6-9)22-3/h5-7,12H,4,8H2,1-3H3,(H,16,18,19)/t12-/m0/s1. The molecule has 118 valence electrons. The van der Waals surface area contributed by atoms with Crippen molar-refractivity contribution in [1.29, 1.82) is 0 Å². The summed E-state index contributed by atoms with van der Waals surface area (Å²) in [6.45, 7) is 2.06. The second-order valence-electron chi connectivity index (χ2n) is 4.82. The third-order valence-electron chi connectivity index (χ3n) is 3.52. The molecular weight excluding hydrogens is 288 g/mol. The minimum atomic E-state index is -0.776. The zero-order valence-electron chi connectivity index (χ0n) is 12.7. The molecule has 2 rings (SSSR count). The Hall–Kier alpha value is -2.57. The Labute approximate surface area is 128 Å². The average molecular weight is 306 g/mol. The molecule has 0 radical (unpaired) electrons. The highest BCUT2D eigenvalue weighted by Gasteiger charge is 2.37. The summed E-state index contributed by atoms with van der Waals surface area (Å²) in [5.41, 5.74) is 0.338. The predicted octanol–water partition coefficient (Wildman–Crippen LogP) is 0.581. The molecular formula is C15H18N2O5. The summed E-state index contributed by atoms with van der Waals surface area (Å²) in [7, 11) is 2.98. The van der Waals surface area contributed by atoms with Crippen molar-refractivity contribution in [1.82, 2.24) is 10.2 Å². The van der Waals surface area contributed by atoms with Crippen LogP contribution in [0.2, 0.25) is 0 Å². The van der Waals surface area contributed by atoms with Crippen molar-refractivity contribution in [2.24, 2.45) is 0 Å². The number of nitrogens with one attached hydrogen (secondary N) is 1. The van der Waals surface area contributed by atoms with Crippen LogP contribution in [0, 0.1) is 0 Å². The highest BCUT2D eigenvalue weighted by molar-refractivity contribution is 6.08. The maximum absolute atomic E-state index is 12.7. The number of hydrogen-bond donors (Lipinski definition) is 1. The maximum atomic E-state index is 12.7. The molecule has 0 spiro atoms. The zero-order chi connectivity index (χ0) is 16.3. The molecule has 1 N–H and O–H groups in total. The molecule has 1 saturated heterocycles. The van der Waals surface area contributed by atoms with Crippen LogP contribution in [0.25, 0.3) is 0 Å². The lowest BCUT2D eigenvalue weighted by Crippen LogP contribution is -2.44. The molecule has 0 unspecified atom stereocenters. The molecule has 7 heteroatoms. The van der Waals surface area contributed by atoms with E-state index in [4.69, 9.17) is 9.47 Å². The first-order valence-electron chi connectivity index (χ1n) is 6.87. The summed E-state index contributed by atoms with van der Waals surface area (Å²) in [6.07, 6.45) is -0.0144. The number of carbonyl (C=O) groups excluding carboxylic acids is 3. The van der Waals surface area contributed by atoms with Crippen molar-refractivity contribution in [3.05, 3.63) is 23.8 Å². The predicted molar refractivity (Wildman–Crippen MR) is 77.8 cm³/mol. The summed E-state index contributed by atoms with van der Waals surface area (Å²) >= 11 is 0. The first-order valence-corrected chi connectivity index (χ1v) is 6.87. The van der Waals surface area contributed by atoms with Crippen LogP contribution in [0.15, 0.2) is 18.2 Å². The van der Waals surface area contributed by atoms with Crippen LogP contribution in [0.3, 0.4) is 0 Å². The Balaban J connectivity index is 2.32. The SMILES string of the molecule is CCN(C(=O)c1cc(OC)cc(OC)c1)[C@H]1CC(=O)NC1=O. The van der Waals surface area contributed by atoms with E-state index < -0.39 is 11.9 Å². The van der Waals surface area contributed by atoms with Gasteiger partial charge in [-0.2, -0.15) is 0 Å². The normalized spacial score (nSPS) is 17.1. The minimum absolute atomic E-state index is 0.0144. The maximum Gasteiger partial charge on any atom is 0.254 e. The summed E-state index contributed by atoms with van der Waals surface area (Å²) in [4.78, 5) is 37.2. The van der Waals surface area contributed by atoms with Gasteiger partial charge in [0, 0.05) is 18.2 Å². The van der Waals surface area contributed by atoms with Gasteiger partial charge in [-0.05, 0) is 19.1 Å². The fourth-order valence-corrected chi connectivity index (χ4v) is 2.39. The van der Waals surface area contributed by atoms with Gasteiger partial charge >= 0.3 is 0 Å². The highest BCUT2D eigenvalue weighted by Crippen LogP contribution is 2.24. The van der Waals surface area contributed by atoms with E-state index in [0.717, 1.165) is 0 Å². The fourth-order valence-electron chi connectivity index (χ4n) is 2.39. The fraction of sp³-hybridized carbons (Fsp3) is 0.400. The number of hydrogen-bond acceptors (Lipinski definition) is 5. The van der Waals surface area contributed by atoms with Gasteiger partial charge in [0.15, 0.2) is 0 Å². The smallest absolute Gasteiger partial charge is 0.254 e. The third kappa shape index (κ3) is 3.03. The van der Waals surface area contributed by atoms with Crippen LogP contribution in [0.5, 0.6) is 11.5 Å². The zero-order valence-corrected chi connectivity index (χ0v) is 12.7. The number of rotatable bonds is 5. The topological polar surface area (TPSA) is 84.9 Å². The van der Waals surface area contributed by atoms with E-state index in [-0.39, 0.29) is 18.2 Å². The van der Waals surface area contributed by atoms with Crippen molar-refractivity contribution in [2.75, 3.05) is 20.8 Å². The molecule has 0 saturated carbocycles. The van der Waals surface area contributed by atoms with E-state index in [1.807, 2.05) is 0 Å². The van der Waals surface area contributed by atoms with Gasteiger partial charge in [-0.1, -0.05) is 0 Å². The van der Waals surface area contributed by atoms with Crippen molar-refractivity contribution in [2.45, 2.75) is 19.4 Å². The lowest BCUT2D eigenvalue weighted by molar-refractivity contribution is -0.126. The molecule has 0 aromatic heterocycles. The molecule has 0 bridgehead atoms. The molecule has 1 heterocycles. The van der Waals surface area contributed by atoms with Crippen molar-refractivity contribution in [3.63, 3.8) is 0 Å². The number of likely N-dealkylation sites (N-methyl/N-ethyl adjacent to an activating group) is 1. The molecule has 1 aliphatic rings. The number of amides is 3. The Morgan fingerprint density at radius 1 is 1.23 bits per heavy atom. The highest BCUT2D eigenvalue weighted by atomic mass is 16.5. The average Bonchev–Trinajstić information content (AvgIpc) is 2.85. The van der Waals surface area contributed by atoms with E-state index >= 15 is 0 Å². The van der Waals surface area contributed by atoms with Gasteiger partial charge < -0.3 is 14.4 Å². The number of carbonyl (C=O) groups is 3. The molecule has 1 aliphatic heterocycles. The van der Waals surface area contributed by atoms with E-state index in [2.05, 4.69) is 5.32 Å². The second-order valence-corrected chi connectivity index (χ2v) is 4.82. The largest absolute Gasteiger partial charge is 0.497 e. The third-order valence-corrected chi connectivity index (χ3v) is 3.52. The van der Waals surface area contributed by atoms with Gasteiger partial charge in [-0.3, -0.25) is 19.7 Å². The lowest BCUT2D eigenvalue weighted by atomic mass is 10.1. The Bertz CT molecular complexity index is 592. The summed E-state index contributed by atoms with van der Waals surface area (Å²) in [6, 6.07) is 4.02. The van der Waals surface area contributed by atoms with Crippen molar-refractivity contribution < 1.29 is 23.9 Å². The minimum Gasteiger partial charge on any atom is -0.497 e.